The number of nitrogens with one attached hydrogen (secondary N) is 1. The van der Waals surface area contributed by atoms with Crippen molar-refractivity contribution in [3.8, 4) is 11.5 Å². The molecule has 2 aromatic carbocycles. The number of Topliss-reactive ketones (excluding diaryl/α,β-unsaturated/α-hetero) is 1. The van der Waals surface area contributed by atoms with Crippen molar-refractivity contribution in [3.63, 3.8) is 0 Å². The van der Waals surface area contributed by atoms with Crippen LogP contribution >= 0.6 is 12.2 Å². The fraction of sp³-hybridized carbons (Fsp3) is 0.238. The van der Waals surface area contributed by atoms with Crippen LogP contribution in [-0.2, 0) is 4.79 Å². The van der Waals surface area contributed by atoms with E-state index in [1.165, 1.54) is 0 Å². The van der Waals surface area contributed by atoms with Gasteiger partial charge in [0.1, 0.15) is 11.5 Å². The molecule has 1 aliphatic carbocycles. The summed E-state index contributed by atoms with van der Waals surface area (Å²) >= 11 is 5.47. The fourth-order valence-corrected chi connectivity index (χ4v) is 3.77. The summed E-state index contributed by atoms with van der Waals surface area (Å²) in [5, 5.41) is 3.98. The summed E-state index contributed by atoms with van der Waals surface area (Å²) in [5.74, 6) is 1.77. The number of hydrogen-bond donors (Lipinski definition) is 1. The number of nitrogens with zero attached hydrogens (tertiary/aromatic N) is 1. The number of carbonyl (C=O) groups excluding carboxylic acids is 1. The van der Waals surface area contributed by atoms with E-state index in [0.29, 0.717) is 11.5 Å². The molecule has 0 spiro atoms. The maximum absolute atomic E-state index is 12.6. The van der Waals surface area contributed by atoms with Crippen LogP contribution in [0.15, 0.2) is 65.9 Å². The molecule has 0 saturated carbocycles. The lowest BCUT2D eigenvalue weighted by Crippen LogP contribution is -2.47. The lowest BCUT2D eigenvalue weighted by atomic mass is 9.85. The third-order valence-corrected chi connectivity index (χ3v) is 5.28. The van der Waals surface area contributed by atoms with Crippen molar-refractivity contribution < 1.29 is 9.53 Å². The second-order valence-corrected chi connectivity index (χ2v) is 6.95. The zero-order valence-corrected chi connectivity index (χ0v) is 15.4. The molecule has 5 heteroatoms. The number of allylic oxidation sites excluding steroid dienone is 1. The first kappa shape index (κ1) is 16.8. The normalized spacial score (nSPS) is 19.9. The molecule has 1 N–H and O–H groups in total. The molecule has 1 aliphatic heterocycles. The second kappa shape index (κ2) is 6.92. The first-order chi connectivity index (χ1) is 12.6. The topological polar surface area (TPSA) is 41.6 Å². The molecule has 0 amide bonds. The highest BCUT2D eigenvalue weighted by Gasteiger charge is 2.35. The molecule has 4 rings (SSSR count). The summed E-state index contributed by atoms with van der Waals surface area (Å²) in [7, 11) is 1.93. The second-order valence-electron chi connectivity index (χ2n) is 6.56. The molecule has 4 nitrogen and oxygen atoms in total. The summed E-state index contributed by atoms with van der Waals surface area (Å²) < 4.78 is 5.85. The average Bonchev–Trinajstić information content (AvgIpc) is 2.66. The van der Waals surface area contributed by atoms with Gasteiger partial charge in [0.15, 0.2) is 10.9 Å². The Morgan fingerprint density at radius 3 is 2.46 bits per heavy atom. The van der Waals surface area contributed by atoms with Crippen molar-refractivity contribution >= 4 is 23.1 Å². The van der Waals surface area contributed by atoms with E-state index in [9.17, 15) is 4.79 Å². The molecule has 1 heterocycles. The molecule has 2 aliphatic rings. The van der Waals surface area contributed by atoms with Crippen molar-refractivity contribution in [2.75, 3.05) is 7.05 Å². The summed E-state index contributed by atoms with van der Waals surface area (Å²) in [4.78, 5) is 14.5. The summed E-state index contributed by atoms with van der Waals surface area (Å²) in [6, 6.07) is 17.3. The van der Waals surface area contributed by atoms with Gasteiger partial charge in [-0.3, -0.25) is 4.79 Å². The van der Waals surface area contributed by atoms with Crippen LogP contribution in [-0.4, -0.2) is 22.8 Å². The van der Waals surface area contributed by atoms with Crippen LogP contribution in [0.4, 0.5) is 0 Å². The minimum atomic E-state index is -0.188. The van der Waals surface area contributed by atoms with Gasteiger partial charge in [-0.1, -0.05) is 30.3 Å². The van der Waals surface area contributed by atoms with Gasteiger partial charge in [-0.15, -0.1) is 0 Å². The van der Waals surface area contributed by atoms with Gasteiger partial charge in [-0.2, -0.15) is 0 Å². The standard InChI is InChI=1S/C21H20N2O2S/c1-23-17-8-5-9-18(24)19(17)20(22-21(23)26)14-10-12-16(13-11-14)25-15-6-3-2-4-7-15/h2-4,6-7,10-13,20H,5,8-9H2,1H3,(H,22,26). The fourth-order valence-electron chi connectivity index (χ4n) is 3.54. The third-order valence-electron chi connectivity index (χ3n) is 4.89. The molecular weight excluding hydrogens is 344 g/mol. The Morgan fingerprint density at radius 1 is 1.04 bits per heavy atom. The lowest BCUT2D eigenvalue weighted by molar-refractivity contribution is -0.116. The molecule has 1 unspecified atom stereocenters. The van der Waals surface area contributed by atoms with Crippen LogP contribution in [0.3, 0.4) is 0 Å². The van der Waals surface area contributed by atoms with Crippen LogP contribution in [0, 0.1) is 0 Å². The van der Waals surface area contributed by atoms with Crippen molar-refractivity contribution in [1.82, 2.24) is 10.2 Å². The molecule has 1 atom stereocenters. The van der Waals surface area contributed by atoms with Crippen molar-refractivity contribution in [2.24, 2.45) is 0 Å². The Bertz CT molecular complexity index is 875. The molecule has 0 saturated heterocycles. The van der Waals surface area contributed by atoms with Crippen molar-refractivity contribution in [2.45, 2.75) is 25.3 Å². The Kier molecular flexibility index (Phi) is 4.47. The van der Waals surface area contributed by atoms with Crippen LogP contribution in [0.25, 0.3) is 0 Å². The molecular formula is C21H20N2O2S. The maximum atomic E-state index is 12.6. The molecule has 0 aromatic heterocycles. The van der Waals surface area contributed by atoms with Crippen LogP contribution in [0.2, 0.25) is 0 Å². The predicted octanol–water partition coefficient (Wildman–Crippen LogP) is 4.35. The molecule has 0 radical (unpaired) electrons. The highest BCUT2D eigenvalue weighted by atomic mass is 32.1. The van der Waals surface area contributed by atoms with Gasteiger partial charge in [0.25, 0.3) is 0 Å². The first-order valence-corrected chi connectivity index (χ1v) is 9.17. The summed E-state index contributed by atoms with van der Waals surface area (Å²) in [6.45, 7) is 0. The van der Waals surface area contributed by atoms with Gasteiger partial charge in [0, 0.05) is 24.7 Å². The van der Waals surface area contributed by atoms with Gasteiger partial charge >= 0.3 is 0 Å². The van der Waals surface area contributed by atoms with Crippen molar-refractivity contribution in [3.05, 3.63) is 71.4 Å². The van der Waals surface area contributed by atoms with E-state index in [1.807, 2.05) is 66.5 Å². The number of ketones is 1. The Morgan fingerprint density at radius 2 is 1.73 bits per heavy atom. The Labute approximate surface area is 158 Å². The van der Waals surface area contributed by atoms with E-state index in [1.54, 1.807) is 0 Å². The van der Waals surface area contributed by atoms with E-state index in [2.05, 4.69) is 5.32 Å². The number of benzene rings is 2. The highest BCUT2D eigenvalue weighted by molar-refractivity contribution is 7.80. The monoisotopic (exact) mass is 364 g/mol. The number of hydrogen-bond acceptors (Lipinski definition) is 3. The van der Waals surface area contributed by atoms with Gasteiger partial charge in [0.05, 0.1) is 6.04 Å². The van der Waals surface area contributed by atoms with Crippen LogP contribution in [0.5, 0.6) is 11.5 Å². The Balaban J connectivity index is 1.63. The van der Waals surface area contributed by atoms with E-state index >= 15 is 0 Å². The number of rotatable bonds is 3. The SMILES string of the molecule is CN1C(=S)NC(c2ccc(Oc3ccccc3)cc2)C2=C1CCCC2=O. The van der Waals surface area contributed by atoms with Crippen LogP contribution in [0.1, 0.15) is 30.9 Å². The summed E-state index contributed by atoms with van der Waals surface area (Å²) in [5.41, 5.74) is 2.92. The number of para-hydroxylation sites is 1. The first-order valence-electron chi connectivity index (χ1n) is 8.77. The van der Waals surface area contributed by atoms with Crippen LogP contribution < -0.4 is 10.1 Å². The molecule has 0 fully saturated rings. The van der Waals surface area contributed by atoms with Gasteiger partial charge in [-0.05, 0) is 54.9 Å². The van der Waals surface area contributed by atoms with Crippen molar-refractivity contribution in [1.29, 1.82) is 0 Å². The summed E-state index contributed by atoms with van der Waals surface area (Å²) in [6.07, 6.45) is 2.39. The predicted molar refractivity (Wildman–Crippen MR) is 105 cm³/mol. The number of ether oxygens (including phenoxy) is 1. The zero-order chi connectivity index (χ0) is 18.1. The quantitative estimate of drug-likeness (QED) is 0.820. The zero-order valence-electron chi connectivity index (χ0n) is 14.6. The maximum Gasteiger partial charge on any atom is 0.173 e. The lowest BCUT2D eigenvalue weighted by Gasteiger charge is -2.39. The molecule has 26 heavy (non-hydrogen) atoms. The van der Waals surface area contributed by atoms with E-state index in [0.717, 1.165) is 41.2 Å². The van der Waals surface area contributed by atoms with Gasteiger partial charge in [-0.25, -0.2) is 0 Å². The average molecular weight is 364 g/mol. The smallest absolute Gasteiger partial charge is 0.173 e. The highest BCUT2D eigenvalue weighted by Crippen LogP contribution is 2.37. The minimum Gasteiger partial charge on any atom is -0.457 e. The van der Waals surface area contributed by atoms with E-state index in [-0.39, 0.29) is 11.8 Å². The largest absolute Gasteiger partial charge is 0.457 e. The van der Waals surface area contributed by atoms with E-state index < -0.39 is 0 Å². The van der Waals surface area contributed by atoms with Gasteiger partial charge < -0.3 is 15.0 Å². The van der Waals surface area contributed by atoms with E-state index in [4.69, 9.17) is 17.0 Å². The Hall–Kier alpha value is -2.66. The molecule has 0 bridgehead atoms. The molecule has 2 aromatic rings. The third kappa shape index (κ3) is 3.10. The minimum absolute atomic E-state index is 0.188. The van der Waals surface area contributed by atoms with Gasteiger partial charge in [0.2, 0.25) is 0 Å². The number of thiocarbonyl (C=S) groups is 1. The number of carbonyl (C=O) groups is 1. The molecule has 132 valence electrons.